The van der Waals surface area contributed by atoms with Crippen LogP contribution >= 0.6 is 0 Å². The van der Waals surface area contributed by atoms with Gasteiger partial charge in [-0.05, 0) is 31.9 Å². The van der Waals surface area contributed by atoms with Crippen LogP contribution in [0, 0.1) is 11.6 Å². The number of halogens is 2. The standard InChI is InChI=1S/C13H13F2NO3/c1-7(12(17)16-9-3-4-9)19-13(18)10-5-2-8(14)6-11(10)15/h2,5-7,9H,3-4H2,1H3,(H,16,17)/t7-/m0/s1. The Kier molecular flexibility index (Phi) is 3.78. The van der Waals surface area contributed by atoms with Crippen molar-refractivity contribution >= 4 is 11.9 Å². The predicted molar refractivity (Wildman–Crippen MR) is 62.4 cm³/mol. The molecule has 0 saturated heterocycles. The second kappa shape index (κ2) is 5.34. The first kappa shape index (κ1) is 13.5. The summed E-state index contributed by atoms with van der Waals surface area (Å²) in [6.07, 6.45) is 0.815. The fourth-order valence-corrected chi connectivity index (χ4v) is 1.48. The number of nitrogens with one attached hydrogen (secondary N) is 1. The SMILES string of the molecule is C[C@H](OC(=O)c1ccc(F)cc1F)C(=O)NC1CC1. The average molecular weight is 269 g/mol. The number of benzene rings is 1. The van der Waals surface area contributed by atoms with Crippen LogP contribution in [0.5, 0.6) is 0 Å². The zero-order valence-electron chi connectivity index (χ0n) is 10.3. The van der Waals surface area contributed by atoms with Gasteiger partial charge in [-0.15, -0.1) is 0 Å². The quantitative estimate of drug-likeness (QED) is 0.848. The monoisotopic (exact) mass is 269 g/mol. The Morgan fingerprint density at radius 3 is 2.63 bits per heavy atom. The topological polar surface area (TPSA) is 55.4 Å². The molecule has 2 rings (SSSR count). The molecule has 0 radical (unpaired) electrons. The summed E-state index contributed by atoms with van der Waals surface area (Å²) in [6.45, 7) is 1.40. The van der Waals surface area contributed by atoms with E-state index in [9.17, 15) is 18.4 Å². The first-order valence-electron chi connectivity index (χ1n) is 5.94. The Bertz CT molecular complexity index is 515. The van der Waals surface area contributed by atoms with Crippen molar-refractivity contribution < 1.29 is 23.1 Å². The van der Waals surface area contributed by atoms with E-state index in [1.807, 2.05) is 0 Å². The maximum Gasteiger partial charge on any atom is 0.341 e. The van der Waals surface area contributed by atoms with Crippen molar-refractivity contribution in [1.82, 2.24) is 5.32 Å². The summed E-state index contributed by atoms with van der Waals surface area (Å²) in [5, 5.41) is 2.66. The highest BCUT2D eigenvalue weighted by molar-refractivity contribution is 5.92. The van der Waals surface area contributed by atoms with Gasteiger partial charge in [0.15, 0.2) is 6.10 Å². The largest absolute Gasteiger partial charge is 0.449 e. The Hall–Kier alpha value is -1.98. The molecular formula is C13H13F2NO3. The van der Waals surface area contributed by atoms with Gasteiger partial charge < -0.3 is 10.1 Å². The molecule has 0 unspecified atom stereocenters. The molecule has 1 aromatic rings. The molecule has 1 N–H and O–H groups in total. The Morgan fingerprint density at radius 1 is 1.37 bits per heavy atom. The second-order valence-corrected chi connectivity index (χ2v) is 4.45. The van der Waals surface area contributed by atoms with Crippen molar-refractivity contribution in [3.05, 3.63) is 35.4 Å². The molecule has 1 aromatic carbocycles. The average Bonchev–Trinajstić information content (AvgIpc) is 3.12. The number of hydrogen-bond donors (Lipinski definition) is 1. The van der Waals surface area contributed by atoms with E-state index in [-0.39, 0.29) is 6.04 Å². The molecule has 1 saturated carbocycles. The Labute approximate surface area is 108 Å². The van der Waals surface area contributed by atoms with E-state index in [0.29, 0.717) is 6.07 Å². The molecule has 19 heavy (non-hydrogen) atoms. The number of amides is 1. The summed E-state index contributed by atoms with van der Waals surface area (Å²) >= 11 is 0. The molecule has 0 aliphatic heterocycles. The van der Waals surface area contributed by atoms with Crippen LogP contribution in [0.1, 0.15) is 30.1 Å². The van der Waals surface area contributed by atoms with Crippen LogP contribution in [0.25, 0.3) is 0 Å². The van der Waals surface area contributed by atoms with Crippen LogP contribution in [-0.4, -0.2) is 24.0 Å². The minimum absolute atomic E-state index is 0.149. The van der Waals surface area contributed by atoms with Crippen molar-refractivity contribution in [2.45, 2.75) is 31.9 Å². The van der Waals surface area contributed by atoms with E-state index in [1.54, 1.807) is 0 Å². The van der Waals surface area contributed by atoms with Crippen molar-refractivity contribution in [3.63, 3.8) is 0 Å². The Balaban J connectivity index is 1.97. The zero-order chi connectivity index (χ0) is 14.0. The van der Waals surface area contributed by atoms with Gasteiger partial charge in [-0.2, -0.15) is 0 Å². The van der Waals surface area contributed by atoms with Gasteiger partial charge in [0.25, 0.3) is 5.91 Å². The first-order valence-corrected chi connectivity index (χ1v) is 5.94. The van der Waals surface area contributed by atoms with Crippen molar-refractivity contribution in [3.8, 4) is 0 Å². The highest BCUT2D eigenvalue weighted by atomic mass is 19.1. The number of rotatable bonds is 4. The number of carbonyl (C=O) groups excluding carboxylic acids is 2. The number of carbonyl (C=O) groups is 2. The summed E-state index contributed by atoms with van der Waals surface area (Å²) in [6, 6.07) is 2.68. The van der Waals surface area contributed by atoms with Gasteiger partial charge in [-0.25, -0.2) is 13.6 Å². The lowest BCUT2D eigenvalue weighted by Gasteiger charge is -2.13. The lowest BCUT2D eigenvalue weighted by molar-refractivity contribution is -0.129. The van der Waals surface area contributed by atoms with Crippen LogP contribution in [0.3, 0.4) is 0 Å². The molecule has 1 fully saturated rings. The molecule has 1 amide bonds. The summed E-state index contributed by atoms with van der Waals surface area (Å²) in [5.41, 5.74) is -0.396. The van der Waals surface area contributed by atoms with E-state index in [0.717, 1.165) is 25.0 Å². The zero-order valence-corrected chi connectivity index (χ0v) is 10.3. The Morgan fingerprint density at radius 2 is 2.05 bits per heavy atom. The van der Waals surface area contributed by atoms with E-state index >= 15 is 0 Å². The van der Waals surface area contributed by atoms with Crippen LogP contribution in [-0.2, 0) is 9.53 Å². The van der Waals surface area contributed by atoms with Crippen LogP contribution < -0.4 is 5.32 Å². The highest BCUT2D eigenvalue weighted by Gasteiger charge is 2.27. The molecule has 0 aromatic heterocycles. The smallest absolute Gasteiger partial charge is 0.341 e. The lowest BCUT2D eigenvalue weighted by Crippen LogP contribution is -2.37. The third kappa shape index (κ3) is 3.49. The molecule has 6 heteroatoms. The molecule has 1 aliphatic carbocycles. The lowest BCUT2D eigenvalue weighted by atomic mass is 10.2. The fourth-order valence-electron chi connectivity index (χ4n) is 1.48. The number of hydrogen-bond acceptors (Lipinski definition) is 3. The van der Waals surface area contributed by atoms with Crippen molar-refractivity contribution in [1.29, 1.82) is 0 Å². The van der Waals surface area contributed by atoms with E-state index < -0.39 is 35.2 Å². The summed E-state index contributed by atoms with van der Waals surface area (Å²) in [4.78, 5) is 23.2. The normalized spacial score (nSPS) is 15.7. The van der Waals surface area contributed by atoms with Gasteiger partial charge in [-0.3, -0.25) is 4.79 Å². The molecular weight excluding hydrogens is 256 g/mol. The van der Waals surface area contributed by atoms with E-state index in [4.69, 9.17) is 4.74 Å². The van der Waals surface area contributed by atoms with Crippen LogP contribution in [0.15, 0.2) is 18.2 Å². The second-order valence-electron chi connectivity index (χ2n) is 4.45. The predicted octanol–water partition coefficient (Wildman–Crippen LogP) is 1.79. The maximum atomic E-state index is 13.3. The van der Waals surface area contributed by atoms with Gasteiger partial charge in [-0.1, -0.05) is 0 Å². The summed E-state index contributed by atoms with van der Waals surface area (Å²) in [7, 11) is 0. The molecule has 0 heterocycles. The molecule has 4 nitrogen and oxygen atoms in total. The van der Waals surface area contributed by atoms with Crippen molar-refractivity contribution in [2.75, 3.05) is 0 Å². The van der Waals surface area contributed by atoms with Gasteiger partial charge in [0.2, 0.25) is 0 Å². The van der Waals surface area contributed by atoms with Gasteiger partial charge in [0.05, 0.1) is 5.56 Å². The van der Waals surface area contributed by atoms with E-state index in [1.165, 1.54) is 6.92 Å². The number of esters is 1. The molecule has 0 bridgehead atoms. The third-order valence-electron chi connectivity index (χ3n) is 2.73. The first-order chi connectivity index (χ1) is 8.97. The van der Waals surface area contributed by atoms with Gasteiger partial charge >= 0.3 is 5.97 Å². The van der Waals surface area contributed by atoms with Crippen LogP contribution in [0.2, 0.25) is 0 Å². The minimum atomic E-state index is -1.02. The molecule has 0 spiro atoms. The third-order valence-corrected chi connectivity index (χ3v) is 2.73. The highest BCUT2D eigenvalue weighted by Crippen LogP contribution is 2.19. The van der Waals surface area contributed by atoms with Crippen molar-refractivity contribution in [2.24, 2.45) is 0 Å². The van der Waals surface area contributed by atoms with Gasteiger partial charge in [0, 0.05) is 12.1 Å². The molecule has 1 atom stereocenters. The number of ether oxygens (including phenoxy) is 1. The summed E-state index contributed by atoms with van der Waals surface area (Å²) in [5.74, 6) is -3.21. The fraction of sp³-hybridized carbons (Fsp3) is 0.385. The molecule has 1 aliphatic rings. The van der Waals surface area contributed by atoms with E-state index in [2.05, 4.69) is 5.32 Å². The minimum Gasteiger partial charge on any atom is -0.449 e. The molecule has 102 valence electrons. The summed E-state index contributed by atoms with van der Waals surface area (Å²) < 4.78 is 30.9. The van der Waals surface area contributed by atoms with Crippen LogP contribution in [0.4, 0.5) is 8.78 Å². The maximum absolute atomic E-state index is 13.3. The van der Waals surface area contributed by atoms with Gasteiger partial charge in [0.1, 0.15) is 11.6 Å².